The Kier molecular flexibility index (Phi) is 6.92. The number of ether oxygens (including phenoxy) is 2. The second-order valence-electron chi connectivity index (χ2n) is 7.94. The van der Waals surface area contributed by atoms with Crippen molar-refractivity contribution in [2.45, 2.75) is 19.6 Å². The monoisotopic (exact) mass is 453 g/mol. The van der Waals surface area contributed by atoms with Crippen LogP contribution in [0.4, 0.5) is 21.1 Å². The Labute approximate surface area is 192 Å². The van der Waals surface area contributed by atoms with E-state index in [2.05, 4.69) is 15.2 Å². The summed E-state index contributed by atoms with van der Waals surface area (Å²) < 4.78 is 10.7. The fourth-order valence-corrected chi connectivity index (χ4v) is 3.75. The standard InChI is InChI=1S/C23H27N5O5/c1-17(29)24-14-20-15-28(23(31)33-20)19-7-8-21(25-13-19)26-9-11-27(12-10-26)22(30)32-16-18-5-3-2-4-6-18/h2-8,13,20H,9-12,14-16H2,1H3,(H,24,29)/t20-/m0/s1. The first-order valence-corrected chi connectivity index (χ1v) is 10.9. The normalized spacial score (nSPS) is 18.2. The van der Waals surface area contributed by atoms with Gasteiger partial charge in [-0.15, -0.1) is 0 Å². The average molecular weight is 453 g/mol. The van der Waals surface area contributed by atoms with Gasteiger partial charge in [0.05, 0.1) is 25.0 Å². The molecule has 1 aromatic carbocycles. The molecule has 10 heteroatoms. The minimum atomic E-state index is -0.456. The lowest BCUT2D eigenvalue weighted by atomic mass is 10.2. The molecule has 2 aliphatic heterocycles. The number of anilines is 2. The zero-order valence-electron chi connectivity index (χ0n) is 18.5. The molecule has 0 bridgehead atoms. The van der Waals surface area contributed by atoms with Crippen LogP contribution < -0.4 is 15.1 Å². The van der Waals surface area contributed by atoms with Crippen molar-refractivity contribution < 1.29 is 23.9 Å². The lowest BCUT2D eigenvalue weighted by Gasteiger charge is -2.34. The quantitative estimate of drug-likeness (QED) is 0.713. The molecular weight excluding hydrogens is 426 g/mol. The molecule has 1 atom stereocenters. The van der Waals surface area contributed by atoms with E-state index in [1.807, 2.05) is 42.5 Å². The van der Waals surface area contributed by atoms with Gasteiger partial charge in [-0.1, -0.05) is 30.3 Å². The minimum absolute atomic E-state index is 0.167. The van der Waals surface area contributed by atoms with E-state index in [0.29, 0.717) is 38.4 Å². The van der Waals surface area contributed by atoms with E-state index < -0.39 is 12.2 Å². The van der Waals surface area contributed by atoms with E-state index in [4.69, 9.17) is 9.47 Å². The van der Waals surface area contributed by atoms with E-state index in [9.17, 15) is 14.4 Å². The van der Waals surface area contributed by atoms with Gasteiger partial charge in [0.1, 0.15) is 18.5 Å². The first kappa shape index (κ1) is 22.4. The van der Waals surface area contributed by atoms with Gasteiger partial charge in [-0.05, 0) is 17.7 Å². The van der Waals surface area contributed by atoms with Crippen LogP contribution in [0, 0.1) is 0 Å². The van der Waals surface area contributed by atoms with Gasteiger partial charge in [0, 0.05) is 33.1 Å². The highest BCUT2D eigenvalue weighted by Crippen LogP contribution is 2.23. The van der Waals surface area contributed by atoms with Gasteiger partial charge >= 0.3 is 12.2 Å². The van der Waals surface area contributed by atoms with E-state index >= 15 is 0 Å². The Morgan fingerprint density at radius 1 is 1.12 bits per heavy atom. The van der Waals surface area contributed by atoms with Crippen LogP contribution in [-0.2, 0) is 20.9 Å². The Bertz CT molecular complexity index is 976. The number of carbonyl (C=O) groups is 3. The van der Waals surface area contributed by atoms with Crippen LogP contribution in [0.15, 0.2) is 48.7 Å². The second kappa shape index (κ2) is 10.2. The van der Waals surface area contributed by atoms with Gasteiger partial charge in [-0.3, -0.25) is 9.69 Å². The summed E-state index contributed by atoms with van der Waals surface area (Å²) in [4.78, 5) is 45.4. The van der Waals surface area contributed by atoms with Crippen molar-refractivity contribution >= 4 is 29.6 Å². The maximum Gasteiger partial charge on any atom is 0.414 e. The zero-order valence-corrected chi connectivity index (χ0v) is 18.5. The average Bonchev–Trinajstić information content (AvgIpc) is 3.22. The van der Waals surface area contributed by atoms with E-state index in [0.717, 1.165) is 11.4 Å². The number of nitrogens with zero attached hydrogens (tertiary/aromatic N) is 4. The van der Waals surface area contributed by atoms with Crippen LogP contribution in [-0.4, -0.2) is 73.4 Å². The van der Waals surface area contributed by atoms with Crippen molar-refractivity contribution in [3.63, 3.8) is 0 Å². The number of piperazine rings is 1. The maximum absolute atomic E-state index is 12.3. The first-order valence-electron chi connectivity index (χ1n) is 10.9. The van der Waals surface area contributed by atoms with Crippen LogP contribution in [0.1, 0.15) is 12.5 Å². The number of carbonyl (C=O) groups excluding carboxylic acids is 3. The third-order valence-corrected chi connectivity index (χ3v) is 5.56. The second-order valence-corrected chi connectivity index (χ2v) is 7.94. The summed E-state index contributed by atoms with van der Waals surface area (Å²) in [7, 11) is 0. The number of hydrogen-bond donors (Lipinski definition) is 1. The predicted octanol–water partition coefficient (Wildman–Crippen LogP) is 2.00. The summed E-state index contributed by atoms with van der Waals surface area (Å²) >= 11 is 0. The van der Waals surface area contributed by atoms with Crippen molar-refractivity contribution in [2.24, 2.45) is 0 Å². The van der Waals surface area contributed by atoms with Crippen LogP contribution in [0.2, 0.25) is 0 Å². The molecule has 2 aliphatic rings. The third kappa shape index (κ3) is 5.71. The topological polar surface area (TPSA) is 104 Å². The van der Waals surface area contributed by atoms with Crippen molar-refractivity contribution in [2.75, 3.05) is 49.1 Å². The maximum atomic E-state index is 12.3. The fraction of sp³-hybridized carbons (Fsp3) is 0.391. The van der Waals surface area contributed by atoms with Gasteiger partial charge in [0.15, 0.2) is 0 Å². The number of pyridine rings is 1. The zero-order chi connectivity index (χ0) is 23.2. The number of aromatic nitrogens is 1. The highest BCUT2D eigenvalue weighted by Gasteiger charge is 2.32. The molecule has 0 saturated carbocycles. The van der Waals surface area contributed by atoms with Gasteiger partial charge < -0.3 is 24.6 Å². The van der Waals surface area contributed by atoms with Crippen molar-refractivity contribution in [3.8, 4) is 0 Å². The SMILES string of the molecule is CC(=O)NC[C@H]1CN(c2ccc(N3CCN(C(=O)OCc4ccccc4)CC3)nc2)C(=O)O1. The Balaban J connectivity index is 1.26. The smallest absolute Gasteiger partial charge is 0.414 e. The highest BCUT2D eigenvalue weighted by molar-refractivity contribution is 5.89. The first-order chi connectivity index (χ1) is 16.0. The minimum Gasteiger partial charge on any atom is -0.445 e. The van der Waals surface area contributed by atoms with Gasteiger partial charge in [-0.25, -0.2) is 14.6 Å². The predicted molar refractivity (Wildman–Crippen MR) is 121 cm³/mol. The molecule has 0 unspecified atom stereocenters. The molecule has 2 fully saturated rings. The molecule has 33 heavy (non-hydrogen) atoms. The largest absolute Gasteiger partial charge is 0.445 e. The third-order valence-electron chi connectivity index (χ3n) is 5.56. The summed E-state index contributed by atoms with van der Waals surface area (Å²) in [5.41, 5.74) is 1.59. The van der Waals surface area contributed by atoms with Crippen LogP contribution in [0.25, 0.3) is 0 Å². The summed E-state index contributed by atoms with van der Waals surface area (Å²) in [6, 6.07) is 13.3. The number of cyclic esters (lactones) is 1. The van der Waals surface area contributed by atoms with Crippen molar-refractivity contribution in [3.05, 3.63) is 54.2 Å². The highest BCUT2D eigenvalue weighted by atomic mass is 16.6. The molecular formula is C23H27N5O5. The molecule has 0 radical (unpaired) electrons. The van der Waals surface area contributed by atoms with Gasteiger partial charge in [0.2, 0.25) is 5.91 Å². The van der Waals surface area contributed by atoms with Crippen molar-refractivity contribution in [1.29, 1.82) is 0 Å². The number of amides is 3. The van der Waals surface area contributed by atoms with Crippen LogP contribution in [0.3, 0.4) is 0 Å². The molecule has 4 rings (SSSR count). The summed E-state index contributed by atoms with van der Waals surface area (Å²) in [5, 5.41) is 2.66. The van der Waals surface area contributed by atoms with Gasteiger partial charge in [-0.2, -0.15) is 0 Å². The number of benzene rings is 1. The van der Waals surface area contributed by atoms with Crippen LogP contribution >= 0.6 is 0 Å². The Morgan fingerprint density at radius 2 is 1.88 bits per heavy atom. The van der Waals surface area contributed by atoms with Gasteiger partial charge in [0.25, 0.3) is 0 Å². The fourth-order valence-electron chi connectivity index (χ4n) is 3.75. The molecule has 2 saturated heterocycles. The molecule has 3 amide bonds. The molecule has 3 heterocycles. The Hall–Kier alpha value is -3.82. The molecule has 0 spiro atoms. The molecule has 174 valence electrons. The number of rotatable bonds is 6. The van der Waals surface area contributed by atoms with Crippen LogP contribution in [0.5, 0.6) is 0 Å². The molecule has 10 nitrogen and oxygen atoms in total. The molecule has 2 aromatic rings. The lowest BCUT2D eigenvalue weighted by Crippen LogP contribution is -2.49. The molecule has 0 aliphatic carbocycles. The summed E-state index contributed by atoms with van der Waals surface area (Å²) in [6.07, 6.45) is 0.472. The number of hydrogen-bond acceptors (Lipinski definition) is 7. The Morgan fingerprint density at radius 3 is 2.55 bits per heavy atom. The molecule has 1 N–H and O–H groups in total. The molecule has 1 aromatic heterocycles. The lowest BCUT2D eigenvalue weighted by molar-refractivity contribution is -0.119. The summed E-state index contributed by atoms with van der Waals surface area (Å²) in [5.74, 6) is 0.610. The van der Waals surface area contributed by atoms with E-state index in [-0.39, 0.29) is 25.2 Å². The van der Waals surface area contributed by atoms with E-state index in [1.54, 1.807) is 11.1 Å². The number of nitrogens with one attached hydrogen (secondary N) is 1. The van der Waals surface area contributed by atoms with Crippen molar-refractivity contribution in [1.82, 2.24) is 15.2 Å². The summed E-state index contributed by atoms with van der Waals surface area (Å²) in [6.45, 7) is 4.67. The van der Waals surface area contributed by atoms with E-state index in [1.165, 1.54) is 11.8 Å².